The molecule has 1 heterocycles. The maximum absolute atomic E-state index is 12.1. The highest BCUT2D eigenvalue weighted by Crippen LogP contribution is 2.29. The van der Waals surface area contributed by atoms with Crippen LogP contribution in [0.1, 0.15) is 11.4 Å². The highest BCUT2D eigenvalue weighted by atomic mass is 127. The Morgan fingerprint density at radius 3 is 2.56 bits per heavy atom. The van der Waals surface area contributed by atoms with Gasteiger partial charge in [-0.05, 0) is 22.6 Å². The minimum absolute atomic E-state index is 0.0296. The summed E-state index contributed by atoms with van der Waals surface area (Å²) in [6.07, 6.45) is -4.78. The Labute approximate surface area is 103 Å². The summed E-state index contributed by atoms with van der Waals surface area (Å²) in [5.41, 5.74) is 5.61. The van der Waals surface area contributed by atoms with Crippen molar-refractivity contribution in [2.75, 3.05) is 0 Å². The molecule has 4 nitrogen and oxygen atoms in total. The van der Waals surface area contributed by atoms with Crippen LogP contribution in [0.3, 0.4) is 0 Å². The van der Waals surface area contributed by atoms with Crippen molar-refractivity contribution in [2.24, 2.45) is 5.73 Å². The lowest BCUT2D eigenvalue weighted by Crippen LogP contribution is -2.19. The van der Waals surface area contributed by atoms with Crippen LogP contribution in [0, 0.1) is 3.57 Å². The number of pyridine rings is 1. The van der Waals surface area contributed by atoms with E-state index in [-0.39, 0.29) is 21.5 Å². The van der Waals surface area contributed by atoms with Gasteiger partial charge < -0.3 is 15.6 Å². The van der Waals surface area contributed by atoms with Gasteiger partial charge in [0.1, 0.15) is 5.75 Å². The first kappa shape index (κ1) is 13.5. The molecule has 90 valence electrons. The molecular formula is C8H8F3IN2O2. The van der Waals surface area contributed by atoms with Crippen LogP contribution in [0.2, 0.25) is 0 Å². The van der Waals surface area contributed by atoms with Crippen molar-refractivity contribution in [3.05, 3.63) is 21.0 Å². The van der Waals surface area contributed by atoms with E-state index in [2.05, 4.69) is 9.72 Å². The summed E-state index contributed by atoms with van der Waals surface area (Å²) in [7, 11) is 0. The smallest absolute Gasteiger partial charge is 0.405 e. The normalized spacial score (nSPS) is 11.6. The van der Waals surface area contributed by atoms with E-state index in [9.17, 15) is 13.2 Å². The molecule has 0 aliphatic carbocycles. The van der Waals surface area contributed by atoms with Crippen LogP contribution in [-0.2, 0) is 13.2 Å². The number of ether oxygens (including phenoxy) is 1. The van der Waals surface area contributed by atoms with E-state index < -0.39 is 18.7 Å². The van der Waals surface area contributed by atoms with Crippen LogP contribution in [-0.4, -0.2) is 16.5 Å². The second-order valence-corrected chi connectivity index (χ2v) is 3.86. The Balaban J connectivity index is 3.16. The highest BCUT2D eigenvalue weighted by molar-refractivity contribution is 14.1. The standard InChI is InChI=1S/C8H8F3IN2O2/c9-8(10,11)16-6-1-4(2-13)14-5(3-15)7(6)12/h1,15H,2-3,13H2. The van der Waals surface area contributed by atoms with Gasteiger partial charge in [0.2, 0.25) is 0 Å². The maximum Gasteiger partial charge on any atom is 0.573 e. The molecular weight excluding hydrogens is 340 g/mol. The first-order valence-corrected chi connectivity index (χ1v) is 5.20. The molecule has 0 bridgehead atoms. The molecule has 0 atom stereocenters. The Bertz CT molecular complexity index is 384. The summed E-state index contributed by atoms with van der Waals surface area (Å²) in [5.74, 6) is -0.396. The second-order valence-electron chi connectivity index (χ2n) is 2.78. The monoisotopic (exact) mass is 348 g/mol. The number of nitrogens with two attached hydrogens (primary N) is 1. The van der Waals surface area contributed by atoms with Crippen LogP contribution < -0.4 is 10.5 Å². The van der Waals surface area contributed by atoms with E-state index in [0.29, 0.717) is 0 Å². The zero-order chi connectivity index (χ0) is 12.3. The third-order valence-electron chi connectivity index (χ3n) is 1.63. The molecule has 0 saturated heterocycles. The minimum atomic E-state index is -4.78. The molecule has 1 aromatic heterocycles. The second kappa shape index (κ2) is 5.15. The summed E-state index contributed by atoms with van der Waals surface area (Å²) < 4.78 is 40.1. The number of alkyl halides is 3. The number of halogens is 4. The maximum atomic E-state index is 12.1. The largest absolute Gasteiger partial charge is 0.573 e. The molecule has 0 amide bonds. The number of nitrogens with zero attached hydrogens (tertiary/aromatic N) is 1. The molecule has 8 heteroatoms. The van der Waals surface area contributed by atoms with Gasteiger partial charge in [-0.1, -0.05) is 0 Å². The van der Waals surface area contributed by atoms with E-state index in [1.165, 1.54) is 0 Å². The van der Waals surface area contributed by atoms with Crippen molar-refractivity contribution in [1.29, 1.82) is 0 Å². The van der Waals surface area contributed by atoms with Gasteiger partial charge in [-0.2, -0.15) is 0 Å². The third kappa shape index (κ3) is 3.46. The Hall–Kier alpha value is -0.610. The van der Waals surface area contributed by atoms with Gasteiger partial charge >= 0.3 is 6.36 Å². The predicted octanol–water partition coefficient (Wildman–Crippen LogP) is 1.54. The molecule has 0 aliphatic heterocycles. The molecule has 0 spiro atoms. The van der Waals surface area contributed by atoms with Crippen LogP contribution in [0.5, 0.6) is 5.75 Å². The van der Waals surface area contributed by atoms with Crippen molar-refractivity contribution >= 4 is 22.6 Å². The summed E-state index contributed by atoms with van der Waals surface area (Å²) >= 11 is 1.63. The zero-order valence-electron chi connectivity index (χ0n) is 7.88. The Morgan fingerprint density at radius 1 is 1.50 bits per heavy atom. The number of aromatic nitrogens is 1. The van der Waals surface area contributed by atoms with Gasteiger partial charge in [0, 0.05) is 12.6 Å². The lowest BCUT2D eigenvalue weighted by Gasteiger charge is -2.13. The van der Waals surface area contributed by atoms with E-state index in [1.54, 1.807) is 22.6 Å². The third-order valence-corrected chi connectivity index (χ3v) is 2.78. The van der Waals surface area contributed by atoms with Gasteiger partial charge in [-0.3, -0.25) is 4.98 Å². The molecule has 1 rings (SSSR count). The fourth-order valence-electron chi connectivity index (χ4n) is 1.02. The first-order valence-electron chi connectivity index (χ1n) is 4.12. The van der Waals surface area contributed by atoms with E-state index in [4.69, 9.17) is 10.8 Å². The van der Waals surface area contributed by atoms with E-state index >= 15 is 0 Å². The lowest BCUT2D eigenvalue weighted by atomic mass is 10.3. The SMILES string of the molecule is NCc1cc(OC(F)(F)F)c(I)c(CO)n1. The van der Waals surface area contributed by atoms with Crippen LogP contribution in [0.15, 0.2) is 6.07 Å². The summed E-state index contributed by atoms with van der Waals surface area (Å²) in [6.45, 7) is -0.502. The number of hydrogen-bond acceptors (Lipinski definition) is 4. The number of rotatable bonds is 3. The lowest BCUT2D eigenvalue weighted by molar-refractivity contribution is -0.275. The molecule has 0 radical (unpaired) electrons. The van der Waals surface area contributed by atoms with Crippen LogP contribution >= 0.6 is 22.6 Å². The molecule has 0 fully saturated rings. The fourth-order valence-corrected chi connectivity index (χ4v) is 1.58. The molecule has 0 aromatic carbocycles. The highest BCUT2D eigenvalue weighted by Gasteiger charge is 2.32. The first-order chi connectivity index (χ1) is 7.37. The summed E-state index contributed by atoms with van der Waals surface area (Å²) in [6, 6.07) is 1.11. The van der Waals surface area contributed by atoms with Gasteiger partial charge in [-0.15, -0.1) is 13.2 Å². The summed E-state index contributed by atoms with van der Waals surface area (Å²) in [4.78, 5) is 3.87. The van der Waals surface area contributed by atoms with Crippen LogP contribution in [0.4, 0.5) is 13.2 Å². The van der Waals surface area contributed by atoms with Crippen molar-refractivity contribution < 1.29 is 23.0 Å². The average Bonchev–Trinajstić information content (AvgIpc) is 2.19. The quantitative estimate of drug-likeness (QED) is 0.814. The van der Waals surface area contributed by atoms with Gasteiger partial charge in [0.05, 0.1) is 21.6 Å². The number of aliphatic hydroxyl groups is 1. The van der Waals surface area contributed by atoms with Crippen molar-refractivity contribution in [1.82, 2.24) is 4.98 Å². The van der Waals surface area contributed by atoms with Crippen molar-refractivity contribution in [2.45, 2.75) is 19.5 Å². The molecule has 16 heavy (non-hydrogen) atoms. The zero-order valence-corrected chi connectivity index (χ0v) is 10.0. The molecule has 0 unspecified atom stereocenters. The number of aliphatic hydroxyl groups excluding tert-OH is 1. The van der Waals surface area contributed by atoms with Gasteiger partial charge in [-0.25, -0.2) is 0 Å². The van der Waals surface area contributed by atoms with Gasteiger partial charge in [0.15, 0.2) is 0 Å². The number of hydrogen-bond donors (Lipinski definition) is 2. The molecule has 0 saturated carbocycles. The summed E-state index contributed by atoms with van der Waals surface area (Å²) in [5, 5.41) is 8.92. The average molecular weight is 348 g/mol. The van der Waals surface area contributed by atoms with Crippen molar-refractivity contribution in [3.8, 4) is 5.75 Å². The van der Waals surface area contributed by atoms with E-state index in [1.807, 2.05) is 0 Å². The molecule has 1 aromatic rings. The predicted molar refractivity (Wildman–Crippen MR) is 57.5 cm³/mol. The van der Waals surface area contributed by atoms with Crippen LogP contribution in [0.25, 0.3) is 0 Å². The van der Waals surface area contributed by atoms with Crippen molar-refractivity contribution in [3.63, 3.8) is 0 Å². The topological polar surface area (TPSA) is 68.4 Å². The minimum Gasteiger partial charge on any atom is -0.405 e. The molecule has 3 N–H and O–H groups in total. The Kier molecular flexibility index (Phi) is 4.33. The molecule has 0 aliphatic rings. The fraction of sp³-hybridized carbons (Fsp3) is 0.375. The van der Waals surface area contributed by atoms with Gasteiger partial charge in [0.25, 0.3) is 0 Å². The Morgan fingerprint density at radius 2 is 2.12 bits per heavy atom. The van der Waals surface area contributed by atoms with E-state index in [0.717, 1.165) is 6.07 Å².